The Morgan fingerprint density at radius 2 is 1.81 bits per heavy atom. The fraction of sp³-hybridized carbons (Fsp3) is 0.444. The summed E-state index contributed by atoms with van der Waals surface area (Å²) in [5, 5.41) is 3.45. The van der Waals surface area contributed by atoms with Crippen molar-refractivity contribution >= 4 is 5.82 Å². The largest absolute Gasteiger partial charge is 0.370 e. The molecule has 0 spiro atoms. The molecule has 2 aromatic rings. The summed E-state index contributed by atoms with van der Waals surface area (Å²) in [6, 6.07) is 6.43. The molecule has 1 aromatic heterocycles. The molecule has 0 fully saturated rings. The zero-order valence-electron chi connectivity index (χ0n) is 13.7. The van der Waals surface area contributed by atoms with Gasteiger partial charge in [-0.05, 0) is 45.2 Å². The van der Waals surface area contributed by atoms with Crippen LogP contribution in [0.25, 0.3) is 11.4 Å². The maximum Gasteiger partial charge on any atom is 0.162 e. The van der Waals surface area contributed by atoms with Crippen molar-refractivity contribution in [2.24, 2.45) is 0 Å². The topological polar surface area (TPSA) is 37.8 Å². The minimum Gasteiger partial charge on any atom is -0.370 e. The zero-order chi connectivity index (χ0) is 15.4. The van der Waals surface area contributed by atoms with Crippen molar-refractivity contribution < 1.29 is 0 Å². The average Bonchev–Trinajstić information content (AvgIpc) is 2.47. The number of nitrogens with one attached hydrogen (secondary N) is 1. The lowest BCUT2D eigenvalue weighted by molar-refractivity contribution is 0.938. The fourth-order valence-corrected chi connectivity index (χ4v) is 2.51. The number of benzene rings is 1. The number of hydrogen-bond donors (Lipinski definition) is 1. The van der Waals surface area contributed by atoms with E-state index in [1.807, 2.05) is 0 Å². The van der Waals surface area contributed by atoms with E-state index in [4.69, 9.17) is 9.97 Å². The summed E-state index contributed by atoms with van der Waals surface area (Å²) in [4.78, 5) is 9.53. The molecule has 0 saturated carbocycles. The third kappa shape index (κ3) is 3.41. The second kappa shape index (κ2) is 6.70. The van der Waals surface area contributed by atoms with Gasteiger partial charge in [-0.2, -0.15) is 0 Å². The highest BCUT2D eigenvalue weighted by molar-refractivity contribution is 5.64. The van der Waals surface area contributed by atoms with Crippen LogP contribution in [0, 0.1) is 20.8 Å². The Balaban J connectivity index is 2.54. The molecule has 0 amide bonds. The van der Waals surface area contributed by atoms with Crippen molar-refractivity contribution in [1.82, 2.24) is 9.97 Å². The predicted molar refractivity (Wildman–Crippen MR) is 89.8 cm³/mol. The average molecular weight is 283 g/mol. The van der Waals surface area contributed by atoms with E-state index in [1.165, 1.54) is 16.7 Å². The van der Waals surface area contributed by atoms with Crippen LogP contribution < -0.4 is 5.32 Å². The van der Waals surface area contributed by atoms with E-state index in [1.54, 1.807) is 0 Å². The van der Waals surface area contributed by atoms with E-state index in [9.17, 15) is 0 Å². The molecule has 112 valence electrons. The normalized spacial score (nSPS) is 10.7. The van der Waals surface area contributed by atoms with Crippen LogP contribution in [-0.4, -0.2) is 16.5 Å². The maximum atomic E-state index is 4.79. The first-order chi connectivity index (χ1) is 10.1. The number of hydrogen-bond acceptors (Lipinski definition) is 3. The van der Waals surface area contributed by atoms with Gasteiger partial charge in [0.05, 0.1) is 0 Å². The third-order valence-corrected chi connectivity index (χ3v) is 3.74. The van der Waals surface area contributed by atoms with Crippen LogP contribution in [0.4, 0.5) is 5.82 Å². The van der Waals surface area contributed by atoms with E-state index in [2.05, 4.69) is 58.1 Å². The Morgan fingerprint density at radius 3 is 2.48 bits per heavy atom. The molecule has 0 unspecified atom stereocenters. The van der Waals surface area contributed by atoms with Gasteiger partial charge in [0.1, 0.15) is 5.82 Å². The quantitative estimate of drug-likeness (QED) is 0.880. The van der Waals surface area contributed by atoms with Gasteiger partial charge in [0.2, 0.25) is 0 Å². The smallest absolute Gasteiger partial charge is 0.162 e. The fourth-order valence-electron chi connectivity index (χ4n) is 2.51. The van der Waals surface area contributed by atoms with Gasteiger partial charge in [0, 0.05) is 23.4 Å². The number of rotatable bonds is 5. The second-order valence-electron chi connectivity index (χ2n) is 5.56. The summed E-state index contributed by atoms with van der Waals surface area (Å²) in [6.07, 6.45) is 2.04. The molecule has 0 atom stereocenters. The van der Waals surface area contributed by atoms with Gasteiger partial charge in [-0.15, -0.1) is 0 Å². The van der Waals surface area contributed by atoms with Crippen molar-refractivity contribution in [3.05, 3.63) is 40.6 Å². The molecule has 0 aliphatic rings. The van der Waals surface area contributed by atoms with Crippen LogP contribution in [0.5, 0.6) is 0 Å². The first kappa shape index (κ1) is 15.5. The summed E-state index contributed by atoms with van der Waals surface area (Å²) < 4.78 is 0. The summed E-state index contributed by atoms with van der Waals surface area (Å²) in [5.41, 5.74) is 5.87. The summed E-state index contributed by atoms with van der Waals surface area (Å²) in [5.74, 6) is 1.81. The standard InChI is InChI=1S/C18H25N3/c1-6-10-19-17-15(7-2)14(5)20-18(21-17)16-11-12(3)8-9-13(16)4/h8-9,11H,6-7,10H2,1-5H3,(H,19,20,21). The van der Waals surface area contributed by atoms with E-state index >= 15 is 0 Å². The third-order valence-electron chi connectivity index (χ3n) is 3.74. The van der Waals surface area contributed by atoms with E-state index in [-0.39, 0.29) is 0 Å². The Bertz CT molecular complexity index is 633. The van der Waals surface area contributed by atoms with Crippen LogP contribution in [0.1, 0.15) is 42.7 Å². The number of aromatic nitrogens is 2. The zero-order valence-corrected chi connectivity index (χ0v) is 13.7. The molecule has 1 aromatic carbocycles. The SMILES string of the molecule is CCCNc1nc(-c2cc(C)ccc2C)nc(C)c1CC. The van der Waals surface area contributed by atoms with E-state index < -0.39 is 0 Å². The van der Waals surface area contributed by atoms with Gasteiger partial charge in [-0.1, -0.05) is 31.5 Å². The van der Waals surface area contributed by atoms with Crippen molar-refractivity contribution in [2.45, 2.75) is 47.5 Å². The van der Waals surface area contributed by atoms with Crippen molar-refractivity contribution in [1.29, 1.82) is 0 Å². The Morgan fingerprint density at radius 1 is 1.05 bits per heavy atom. The predicted octanol–water partition coefficient (Wildman–Crippen LogP) is 4.45. The highest BCUT2D eigenvalue weighted by Crippen LogP contribution is 2.26. The van der Waals surface area contributed by atoms with E-state index in [0.29, 0.717) is 0 Å². The number of aryl methyl sites for hydroxylation is 3. The second-order valence-corrected chi connectivity index (χ2v) is 5.56. The molecule has 21 heavy (non-hydrogen) atoms. The van der Waals surface area contributed by atoms with Crippen LogP contribution in [0.3, 0.4) is 0 Å². The molecule has 3 heteroatoms. The summed E-state index contributed by atoms with van der Waals surface area (Å²) in [6.45, 7) is 11.5. The molecule has 0 bridgehead atoms. The van der Waals surface area contributed by atoms with Gasteiger partial charge in [-0.3, -0.25) is 0 Å². The molecule has 3 nitrogen and oxygen atoms in total. The highest BCUT2D eigenvalue weighted by atomic mass is 15.0. The molecule has 0 aliphatic carbocycles. The van der Waals surface area contributed by atoms with Gasteiger partial charge >= 0.3 is 0 Å². The maximum absolute atomic E-state index is 4.79. The molecular weight excluding hydrogens is 258 g/mol. The minimum absolute atomic E-state index is 0.824. The first-order valence-corrected chi connectivity index (χ1v) is 7.75. The van der Waals surface area contributed by atoms with Crippen molar-refractivity contribution in [3.63, 3.8) is 0 Å². The van der Waals surface area contributed by atoms with E-state index in [0.717, 1.165) is 42.3 Å². The highest BCUT2D eigenvalue weighted by Gasteiger charge is 2.12. The minimum atomic E-state index is 0.824. The Kier molecular flexibility index (Phi) is 4.94. The number of anilines is 1. The van der Waals surface area contributed by atoms with Crippen LogP contribution in [-0.2, 0) is 6.42 Å². The summed E-state index contributed by atoms with van der Waals surface area (Å²) >= 11 is 0. The lowest BCUT2D eigenvalue weighted by atomic mass is 10.0. The van der Waals surface area contributed by atoms with Gasteiger partial charge < -0.3 is 5.32 Å². The lowest BCUT2D eigenvalue weighted by Crippen LogP contribution is -2.09. The molecular formula is C18H25N3. The molecule has 0 aliphatic heterocycles. The molecule has 0 saturated heterocycles. The van der Waals surface area contributed by atoms with Gasteiger partial charge in [0.15, 0.2) is 5.82 Å². The molecule has 1 N–H and O–H groups in total. The molecule has 0 radical (unpaired) electrons. The molecule has 2 rings (SSSR count). The van der Waals surface area contributed by atoms with Gasteiger partial charge in [0.25, 0.3) is 0 Å². The molecule has 1 heterocycles. The van der Waals surface area contributed by atoms with Crippen molar-refractivity contribution in [3.8, 4) is 11.4 Å². The Labute approximate surface area is 127 Å². The van der Waals surface area contributed by atoms with Crippen LogP contribution in [0.2, 0.25) is 0 Å². The number of nitrogens with zero attached hydrogens (tertiary/aromatic N) is 2. The lowest BCUT2D eigenvalue weighted by Gasteiger charge is -2.14. The Hall–Kier alpha value is -1.90. The monoisotopic (exact) mass is 283 g/mol. The first-order valence-electron chi connectivity index (χ1n) is 7.75. The van der Waals surface area contributed by atoms with Crippen LogP contribution >= 0.6 is 0 Å². The van der Waals surface area contributed by atoms with Crippen LogP contribution in [0.15, 0.2) is 18.2 Å². The summed E-state index contributed by atoms with van der Waals surface area (Å²) in [7, 11) is 0. The van der Waals surface area contributed by atoms with Crippen molar-refractivity contribution in [2.75, 3.05) is 11.9 Å². The van der Waals surface area contributed by atoms with Gasteiger partial charge in [-0.25, -0.2) is 9.97 Å².